The minimum atomic E-state index is -1.04. The van der Waals surface area contributed by atoms with E-state index < -0.39 is 10.8 Å². The van der Waals surface area contributed by atoms with E-state index in [2.05, 4.69) is 13.5 Å². The first kappa shape index (κ1) is 18.3. The van der Waals surface area contributed by atoms with Crippen molar-refractivity contribution in [3.63, 3.8) is 0 Å². The molecule has 0 radical (unpaired) electrons. The summed E-state index contributed by atoms with van der Waals surface area (Å²) in [6, 6.07) is 0. The SMILES string of the molecule is C=C1C(=O)C23CCC1CC2C1(C(=O)OC)CCCC(C)C1C(SC)C3=O. The topological polar surface area (TPSA) is 60.4 Å². The summed E-state index contributed by atoms with van der Waals surface area (Å²) in [5.74, 6) is -0.0691. The van der Waals surface area contributed by atoms with Crippen LogP contribution >= 0.6 is 11.8 Å². The van der Waals surface area contributed by atoms with Gasteiger partial charge in [-0.3, -0.25) is 14.4 Å². The predicted molar refractivity (Wildman–Crippen MR) is 101 cm³/mol. The zero-order valence-electron chi connectivity index (χ0n) is 15.9. The normalized spacial score (nSPS) is 47.3. The number of methoxy groups -OCH3 is 1. The molecule has 0 heterocycles. The van der Waals surface area contributed by atoms with Gasteiger partial charge in [0.2, 0.25) is 0 Å². The molecule has 0 aliphatic heterocycles. The van der Waals surface area contributed by atoms with Gasteiger partial charge in [-0.15, -0.1) is 0 Å². The summed E-state index contributed by atoms with van der Waals surface area (Å²) in [6.07, 6.45) is 6.80. The lowest BCUT2D eigenvalue weighted by molar-refractivity contribution is -0.195. The highest BCUT2D eigenvalue weighted by Gasteiger charge is 2.75. The Morgan fingerprint density at radius 1 is 1.27 bits per heavy atom. The van der Waals surface area contributed by atoms with Crippen LogP contribution in [0.3, 0.4) is 0 Å². The second kappa shape index (κ2) is 5.95. The van der Waals surface area contributed by atoms with Crippen LogP contribution in [0.25, 0.3) is 0 Å². The van der Waals surface area contributed by atoms with Crippen LogP contribution in [0.4, 0.5) is 0 Å². The molecule has 0 N–H and O–H groups in total. The molecule has 7 unspecified atom stereocenters. The third kappa shape index (κ3) is 1.91. The van der Waals surface area contributed by atoms with Gasteiger partial charge >= 0.3 is 5.97 Å². The monoisotopic (exact) mass is 376 g/mol. The van der Waals surface area contributed by atoms with E-state index in [0.29, 0.717) is 12.0 Å². The Balaban J connectivity index is 1.97. The van der Waals surface area contributed by atoms with Gasteiger partial charge in [-0.25, -0.2) is 0 Å². The number of ketones is 2. The molecule has 5 saturated carbocycles. The summed E-state index contributed by atoms with van der Waals surface area (Å²) in [5, 5.41) is -0.313. The van der Waals surface area contributed by atoms with Crippen molar-refractivity contribution in [2.24, 2.45) is 34.5 Å². The maximum atomic E-state index is 13.7. The highest BCUT2D eigenvalue weighted by Crippen LogP contribution is 2.69. The molecular weight excluding hydrogens is 348 g/mol. The van der Waals surface area contributed by atoms with E-state index in [0.717, 1.165) is 32.1 Å². The zero-order chi connectivity index (χ0) is 18.9. The number of Topliss-reactive ketones (excluding diaryl/α,β-unsaturated/α-hetero) is 2. The molecule has 5 fully saturated rings. The first-order valence-corrected chi connectivity index (χ1v) is 11.0. The molecule has 0 aromatic heterocycles. The minimum Gasteiger partial charge on any atom is -0.469 e. The van der Waals surface area contributed by atoms with Crippen molar-refractivity contribution < 1.29 is 19.1 Å². The molecule has 26 heavy (non-hydrogen) atoms. The smallest absolute Gasteiger partial charge is 0.312 e. The summed E-state index contributed by atoms with van der Waals surface area (Å²) in [7, 11) is 1.45. The van der Waals surface area contributed by atoms with Crippen LogP contribution in [0.15, 0.2) is 12.2 Å². The number of carbonyl (C=O) groups is 3. The van der Waals surface area contributed by atoms with E-state index in [9.17, 15) is 14.4 Å². The molecule has 1 spiro atoms. The van der Waals surface area contributed by atoms with E-state index in [-0.39, 0.29) is 46.5 Å². The number of hydrogen-bond donors (Lipinski definition) is 0. The highest BCUT2D eigenvalue weighted by molar-refractivity contribution is 8.00. The summed E-state index contributed by atoms with van der Waals surface area (Å²) >= 11 is 1.52. The summed E-state index contributed by atoms with van der Waals surface area (Å²) in [4.78, 5) is 40.4. The van der Waals surface area contributed by atoms with Crippen LogP contribution in [-0.2, 0) is 19.1 Å². The third-order valence-corrected chi connectivity index (χ3v) is 9.13. The highest BCUT2D eigenvalue weighted by atomic mass is 32.2. The molecule has 142 valence electrons. The lowest BCUT2D eigenvalue weighted by Crippen LogP contribution is -2.72. The average Bonchev–Trinajstić information content (AvgIpc) is 2.65. The first-order valence-electron chi connectivity index (χ1n) is 9.75. The van der Waals surface area contributed by atoms with Gasteiger partial charge in [-0.05, 0) is 61.2 Å². The van der Waals surface area contributed by atoms with Gasteiger partial charge in [0.25, 0.3) is 0 Å². The maximum Gasteiger partial charge on any atom is 0.312 e. The summed E-state index contributed by atoms with van der Waals surface area (Å²) < 4.78 is 5.35. The average molecular weight is 377 g/mol. The molecule has 7 atom stereocenters. The van der Waals surface area contributed by atoms with Crippen LogP contribution < -0.4 is 0 Å². The Bertz CT molecular complexity index is 700. The molecule has 5 rings (SSSR count). The number of carbonyl (C=O) groups excluding carboxylic acids is 3. The number of esters is 1. The van der Waals surface area contributed by atoms with Gasteiger partial charge in [0, 0.05) is 0 Å². The van der Waals surface area contributed by atoms with E-state index in [1.54, 1.807) is 0 Å². The number of allylic oxidation sites excluding steroid dienone is 1. The van der Waals surface area contributed by atoms with Gasteiger partial charge < -0.3 is 4.74 Å². The van der Waals surface area contributed by atoms with Crippen molar-refractivity contribution in [1.29, 1.82) is 0 Å². The molecule has 0 aromatic carbocycles. The van der Waals surface area contributed by atoms with Crippen LogP contribution in [0, 0.1) is 34.5 Å². The fourth-order valence-electron chi connectivity index (χ4n) is 7.08. The van der Waals surface area contributed by atoms with Crippen LogP contribution in [0.1, 0.15) is 45.4 Å². The van der Waals surface area contributed by atoms with Crippen molar-refractivity contribution in [3.8, 4) is 0 Å². The molecule has 5 heteroatoms. The molecule has 0 aromatic rings. The Labute approximate surface area is 159 Å². The fourth-order valence-corrected chi connectivity index (χ4v) is 8.31. The summed E-state index contributed by atoms with van der Waals surface area (Å²) in [6.45, 7) is 6.20. The van der Waals surface area contributed by atoms with E-state index in [1.165, 1.54) is 18.9 Å². The second-order valence-corrected chi connectivity index (χ2v) is 9.78. The summed E-state index contributed by atoms with van der Waals surface area (Å²) in [5.41, 5.74) is -1.13. The standard InChI is InChI=1S/C21H28O4S/c1-11-6-5-8-20(19(24)25-3)14-10-13-7-9-21(14,17(22)12(13)2)18(23)16(26-4)15(11)20/h11,13-16H,2,5-10H2,1,3-4H3. The third-order valence-electron chi connectivity index (χ3n) is 8.12. The number of fused-ring (bicyclic) bond motifs is 3. The Morgan fingerprint density at radius 3 is 2.65 bits per heavy atom. The molecule has 5 aliphatic rings. The van der Waals surface area contributed by atoms with Crippen LogP contribution in [0.5, 0.6) is 0 Å². The van der Waals surface area contributed by atoms with Crippen LogP contribution in [0.2, 0.25) is 0 Å². The van der Waals surface area contributed by atoms with Gasteiger partial charge in [0.1, 0.15) is 0 Å². The predicted octanol–water partition coefficient (Wildman–Crippen LogP) is 3.44. The number of rotatable bonds is 2. The number of ether oxygens (including phenoxy) is 1. The minimum absolute atomic E-state index is 0.0396. The molecular formula is C21H28O4S. The number of thioether (sulfide) groups is 1. The van der Waals surface area contributed by atoms with E-state index >= 15 is 0 Å². The Kier molecular flexibility index (Phi) is 4.18. The van der Waals surface area contributed by atoms with E-state index in [1.807, 2.05) is 6.26 Å². The fraction of sp³-hybridized carbons (Fsp3) is 0.762. The van der Waals surface area contributed by atoms with Crippen LogP contribution in [-0.4, -0.2) is 36.2 Å². The quantitative estimate of drug-likeness (QED) is 0.420. The molecule has 0 saturated heterocycles. The van der Waals surface area contributed by atoms with Gasteiger partial charge in [0.15, 0.2) is 11.6 Å². The molecule has 0 amide bonds. The van der Waals surface area contributed by atoms with Crippen molar-refractivity contribution in [2.75, 3.05) is 13.4 Å². The first-order chi connectivity index (χ1) is 12.4. The van der Waals surface area contributed by atoms with Crippen molar-refractivity contribution in [3.05, 3.63) is 12.2 Å². The number of hydrogen-bond acceptors (Lipinski definition) is 5. The van der Waals surface area contributed by atoms with Gasteiger partial charge in [0.05, 0.1) is 23.2 Å². The van der Waals surface area contributed by atoms with Crippen molar-refractivity contribution >= 4 is 29.3 Å². The van der Waals surface area contributed by atoms with Gasteiger partial charge in [-0.1, -0.05) is 26.3 Å². The maximum absolute atomic E-state index is 13.7. The Hall–Kier alpha value is -1.10. The van der Waals surface area contributed by atoms with Gasteiger partial charge in [-0.2, -0.15) is 11.8 Å². The van der Waals surface area contributed by atoms with Crippen molar-refractivity contribution in [2.45, 2.75) is 50.7 Å². The lowest BCUT2D eigenvalue weighted by atomic mass is 9.37. The lowest BCUT2D eigenvalue weighted by Gasteiger charge is -2.65. The second-order valence-electron chi connectivity index (χ2n) is 8.80. The molecule has 5 aliphatic carbocycles. The molecule has 2 bridgehead atoms. The van der Waals surface area contributed by atoms with Crippen molar-refractivity contribution in [1.82, 2.24) is 0 Å². The zero-order valence-corrected chi connectivity index (χ0v) is 16.7. The molecule has 4 nitrogen and oxygen atoms in total. The largest absolute Gasteiger partial charge is 0.469 e. The Morgan fingerprint density at radius 2 is 2.00 bits per heavy atom. The van der Waals surface area contributed by atoms with E-state index in [4.69, 9.17) is 4.74 Å².